The van der Waals surface area contributed by atoms with Crippen LogP contribution < -0.4 is 20.3 Å². The second-order valence-corrected chi connectivity index (χ2v) is 5.25. The number of rotatable bonds is 3. The Bertz CT molecular complexity index is 515. The number of halogens is 2. The van der Waals surface area contributed by atoms with Crippen LogP contribution in [0, 0.1) is 0 Å². The number of nitrogens with one attached hydrogen (secondary N) is 2. The number of amides is 1. The summed E-state index contributed by atoms with van der Waals surface area (Å²) in [4.78, 5) is 14.3. The molecule has 2 aliphatic rings. The SMILES string of the molecule is O=C1NCN(c2ccc(OC(F)F)cc2)C12CCNCC2. The van der Waals surface area contributed by atoms with Crippen LogP contribution in [-0.2, 0) is 4.79 Å². The van der Waals surface area contributed by atoms with Gasteiger partial charge >= 0.3 is 6.61 Å². The molecule has 1 spiro atoms. The lowest BCUT2D eigenvalue weighted by Crippen LogP contribution is -2.55. The third kappa shape index (κ3) is 2.53. The summed E-state index contributed by atoms with van der Waals surface area (Å²) in [6.07, 6.45) is 1.46. The van der Waals surface area contributed by atoms with Gasteiger partial charge in [0, 0.05) is 5.69 Å². The lowest BCUT2D eigenvalue weighted by Gasteiger charge is -2.40. The minimum atomic E-state index is -2.83. The number of carbonyl (C=O) groups is 1. The summed E-state index contributed by atoms with van der Waals surface area (Å²) in [7, 11) is 0. The first-order valence-corrected chi connectivity index (χ1v) is 6.93. The van der Waals surface area contributed by atoms with Crippen molar-refractivity contribution in [3.8, 4) is 5.75 Å². The van der Waals surface area contributed by atoms with E-state index in [2.05, 4.69) is 15.4 Å². The van der Waals surface area contributed by atoms with E-state index in [1.165, 1.54) is 12.1 Å². The molecule has 1 aromatic rings. The Morgan fingerprint density at radius 1 is 1.19 bits per heavy atom. The largest absolute Gasteiger partial charge is 0.435 e. The summed E-state index contributed by atoms with van der Waals surface area (Å²) in [5.41, 5.74) is 0.299. The maximum atomic E-state index is 12.2. The third-order valence-corrected chi connectivity index (χ3v) is 4.14. The zero-order valence-electron chi connectivity index (χ0n) is 11.4. The number of benzene rings is 1. The standard InChI is InChI=1S/C14H17F2N3O2/c15-13(16)21-11-3-1-10(2-4-11)19-9-18-12(20)14(19)5-7-17-8-6-14/h1-4,13,17H,5-9H2,(H,18,20). The summed E-state index contributed by atoms with van der Waals surface area (Å²) in [5.74, 6) is 0.156. The van der Waals surface area contributed by atoms with E-state index in [-0.39, 0.29) is 11.7 Å². The van der Waals surface area contributed by atoms with Crippen molar-refractivity contribution in [2.75, 3.05) is 24.7 Å². The van der Waals surface area contributed by atoms with Crippen molar-refractivity contribution in [2.45, 2.75) is 25.0 Å². The van der Waals surface area contributed by atoms with Gasteiger partial charge in [-0.15, -0.1) is 0 Å². The zero-order chi connectivity index (χ0) is 14.9. The topological polar surface area (TPSA) is 53.6 Å². The molecule has 21 heavy (non-hydrogen) atoms. The fourth-order valence-electron chi connectivity index (χ4n) is 3.07. The highest BCUT2D eigenvalue weighted by Gasteiger charge is 2.49. The molecule has 5 nitrogen and oxygen atoms in total. The molecule has 2 aliphatic heterocycles. The van der Waals surface area contributed by atoms with Crippen LogP contribution in [0.3, 0.4) is 0 Å². The van der Waals surface area contributed by atoms with Gasteiger partial charge in [-0.2, -0.15) is 8.78 Å². The lowest BCUT2D eigenvalue weighted by molar-refractivity contribution is -0.124. The summed E-state index contributed by atoms with van der Waals surface area (Å²) >= 11 is 0. The van der Waals surface area contributed by atoms with Crippen LogP contribution in [-0.4, -0.2) is 37.8 Å². The van der Waals surface area contributed by atoms with Gasteiger partial charge < -0.3 is 20.3 Å². The molecule has 0 saturated carbocycles. The minimum Gasteiger partial charge on any atom is -0.435 e. The van der Waals surface area contributed by atoms with Gasteiger partial charge in [0.25, 0.3) is 0 Å². The van der Waals surface area contributed by atoms with Crippen molar-refractivity contribution >= 4 is 11.6 Å². The predicted molar refractivity (Wildman–Crippen MR) is 73.4 cm³/mol. The number of ether oxygens (including phenoxy) is 1. The van der Waals surface area contributed by atoms with E-state index in [1.54, 1.807) is 12.1 Å². The molecule has 0 atom stereocenters. The molecule has 0 aromatic heterocycles. The minimum absolute atomic E-state index is 0.0388. The van der Waals surface area contributed by atoms with Crippen molar-refractivity contribution < 1.29 is 18.3 Å². The van der Waals surface area contributed by atoms with Crippen LogP contribution in [0.25, 0.3) is 0 Å². The number of hydrogen-bond donors (Lipinski definition) is 2. The number of nitrogens with zero attached hydrogens (tertiary/aromatic N) is 1. The van der Waals surface area contributed by atoms with E-state index in [9.17, 15) is 13.6 Å². The van der Waals surface area contributed by atoms with Gasteiger partial charge in [-0.3, -0.25) is 4.79 Å². The Hall–Kier alpha value is -1.89. The summed E-state index contributed by atoms with van der Waals surface area (Å²) < 4.78 is 28.7. The summed E-state index contributed by atoms with van der Waals surface area (Å²) in [6, 6.07) is 6.42. The normalized spacial score (nSPS) is 20.9. The highest BCUT2D eigenvalue weighted by atomic mass is 19.3. The maximum absolute atomic E-state index is 12.2. The van der Waals surface area contributed by atoms with Gasteiger partial charge in [-0.1, -0.05) is 0 Å². The number of alkyl halides is 2. The van der Waals surface area contributed by atoms with E-state index in [1.807, 2.05) is 4.90 Å². The zero-order valence-corrected chi connectivity index (χ0v) is 11.4. The first-order chi connectivity index (χ1) is 10.1. The average molecular weight is 297 g/mol. The van der Waals surface area contributed by atoms with E-state index < -0.39 is 12.2 Å². The molecule has 2 fully saturated rings. The maximum Gasteiger partial charge on any atom is 0.387 e. The molecular weight excluding hydrogens is 280 g/mol. The Kier molecular flexibility index (Phi) is 3.67. The molecule has 2 N–H and O–H groups in total. The summed E-state index contributed by atoms with van der Waals surface area (Å²) in [5, 5.41) is 6.13. The molecule has 0 bridgehead atoms. The fraction of sp³-hybridized carbons (Fsp3) is 0.500. The van der Waals surface area contributed by atoms with E-state index >= 15 is 0 Å². The van der Waals surface area contributed by atoms with Gasteiger partial charge in [0.15, 0.2) is 0 Å². The number of piperidine rings is 1. The van der Waals surface area contributed by atoms with Gasteiger partial charge in [-0.05, 0) is 50.2 Å². The molecule has 2 saturated heterocycles. The van der Waals surface area contributed by atoms with Crippen LogP contribution in [0.1, 0.15) is 12.8 Å². The molecule has 0 radical (unpaired) electrons. The molecular formula is C14H17F2N3O2. The van der Waals surface area contributed by atoms with Gasteiger partial charge in [0.1, 0.15) is 11.3 Å². The van der Waals surface area contributed by atoms with Crippen LogP contribution in [0.2, 0.25) is 0 Å². The average Bonchev–Trinajstić information content (AvgIpc) is 2.77. The number of carbonyl (C=O) groups excluding carboxylic acids is 1. The van der Waals surface area contributed by atoms with Crippen molar-refractivity contribution in [1.29, 1.82) is 0 Å². The Labute approximate surface area is 121 Å². The fourth-order valence-corrected chi connectivity index (χ4v) is 3.07. The molecule has 1 aromatic carbocycles. The third-order valence-electron chi connectivity index (χ3n) is 4.14. The van der Waals surface area contributed by atoms with Crippen molar-refractivity contribution in [3.05, 3.63) is 24.3 Å². The molecule has 2 heterocycles. The Balaban J connectivity index is 1.83. The van der Waals surface area contributed by atoms with E-state index in [0.717, 1.165) is 31.6 Å². The highest BCUT2D eigenvalue weighted by molar-refractivity contribution is 5.93. The molecule has 114 valence electrons. The molecule has 0 unspecified atom stereocenters. The first-order valence-electron chi connectivity index (χ1n) is 6.93. The second-order valence-electron chi connectivity index (χ2n) is 5.25. The van der Waals surface area contributed by atoms with Crippen LogP contribution in [0.15, 0.2) is 24.3 Å². The monoisotopic (exact) mass is 297 g/mol. The smallest absolute Gasteiger partial charge is 0.387 e. The van der Waals surface area contributed by atoms with E-state index in [0.29, 0.717) is 6.67 Å². The van der Waals surface area contributed by atoms with Crippen molar-refractivity contribution in [1.82, 2.24) is 10.6 Å². The van der Waals surface area contributed by atoms with Crippen LogP contribution in [0.4, 0.5) is 14.5 Å². The van der Waals surface area contributed by atoms with Crippen LogP contribution in [0.5, 0.6) is 5.75 Å². The second kappa shape index (κ2) is 5.48. The van der Waals surface area contributed by atoms with Crippen molar-refractivity contribution in [3.63, 3.8) is 0 Å². The van der Waals surface area contributed by atoms with Gasteiger partial charge in [0.05, 0.1) is 6.67 Å². The first kappa shape index (κ1) is 14.1. The molecule has 3 rings (SSSR count). The molecule has 7 heteroatoms. The lowest BCUT2D eigenvalue weighted by atomic mass is 9.86. The predicted octanol–water partition coefficient (Wildman–Crippen LogP) is 1.30. The van der Waals surface area contributed by atoms with E-state index in [4.69, 9.17) is 0 Å². The van der Waals surface area contributed by atoms with Gasteiger partial charge in [0.2, 0.25) is 5.91 Å². The van der Waals surface area contributed by atoms with Crippen molar-refractivity contribution in [2.24, 2.45) is 0 Å². The van der Waals surface area contributed by atoms with Gasteiger partial charge in [-0.25, -0.2) is 0 Å². The molecule has 1 amide bonds. The quantitative estimate of drug-likeness (QED) is 0.883. The molecule has 0 aliphatic carbocycles. The number of anilines is 1. The summed E-state index contributed by atoms with van der Waals surface area (Å²) in [6.45, 7) is -0.817. The Morgan fingerprint density at radius 3 is 2.48 bits per heavy atom. The Morgan fingerprint density at radius 2 is 1.86 bits per heavy atom. The van der Waals surface area contributed by atoms with Crippen LogP contribution >= 0.6 is 0 Å². The number of hydrogen-bond acceptors (Lipinski definition) is 4. The highest BCUT2D eigenvalue weighted by Crippen LogP contribution is 2.35.